The van der Waals surface area contributed by atoms with E-state index in [1.54, 1.807) is 6.92 Å². The molecule has 1 aromatic carbocycles. The summed E-state index contributed by atoms with van der Waals surface area (Å²) in [5.41, 5.74) is 5.33. The normalized spacial score (nSPS) is 17.0. The number of hydrogen-bond donors (Lipinski definition) is 1. The van der Waals surface area contributed by atoms with Crippen LogP contribution >= 0.6 is 0 Å². The quantitative estimate of drug-likeness (QED) is 0.614. The average Bonchev–Trinajstić information content (AvgIpc) is 2.83. The van der Waals surface area contributed by atoms with E-state index in [1.807, 2.05) is 36.2 Å². The van der Waals surface area contributed by atoms with Crippen molar-refractivity contribution in [3.05, 3.63) is 54.5 Å². The number of nitrogens with two attached hydrogens (primary N) is 1. The number of fused-ring (bicyclic) bond motifs is 1. The number of amides is 2. The number of piperazine rings is 1. The molecule has 0 saturated carbocycles. The van der Waals surface area contributed by atoms with Crippen LogP contribution in [0.1, 0.15) is 24.3 Å². The van der Waals surface area contributed by atoms with Crippen molar-refractivity contribution < 1.29 is 19.1 Å². The highest BCUT2D eigenvalue weighted by Gasteiger charge is 2.32. The lowest BCUT2D eigenvalue weighted by Crippen LogP contribution is -2.56. The molecule has 2 N–H and O–H groups in total. The minimum Gasteiger partial charge on any atom is -0.493 e. The Morgan fingerprint density at radius 2 is 1.94 bits per heavy atom. The van der Waals surface area contributed by atoms with E-state index in [-0.39, 0.29) is 23.4 Å². The maximum absolute atomic E-state index is 13.2. The zero-order chi connectivity index (χ0) is 23.5. The van der Waals surface area contributed by atoms with Crippen LogP contribution in [0.3, 0.4) is 0 Å². The lowest BCUT2D eigenvalue weighted by atomic mass is 10.1. The Morgan fingerprint density at radius 1 is 1.15 bits per heavy atom. The summed E-state index contributed by atoms with van der Waals surface area (Å²) in [5, 5.41) is 2.24. The van der Waals surface area contributed by atoms with Crippen molar-refractivity contribution in [2.45, 2.75) is 26.0 Å². The number of nitrogens with zero attached hydrogens (tertiary/aromatic N) is 4. The van der Waals surface area contributed by atoms with Gasteiger partial charge in [0.05, 0.1) is 13.3 Å². The largest absolute Gasteiger partial charge is 0.493 e. The molecule has 3 aromatic rings. The molecule has 0 aliphatic carbocycles. The molecule has 1 unspecified atom stereocenters. The van der Waals surface area contributed by atoms with Gasteiger partial charge in [0.1, 0.15) is 11.5 Å². The molecule has 3 heterocycles. The molecule has 2 amide bonds. The van der Waals surface area contributed by atoms with E-state index >= 15 is 0 Å². The minimum absolute atomic E-state index is 0.0321. The van der Waals surface area contributed by atoms with Crippen LogP contribution in [-0.2, 0) is 4.79 Å². The summed E-state index contributed by atoms with van der Waals surface area (Å²) >= 11 is 0. The summed E-state index contributed by atoms with van der Waals surface area (Å²) in [5.74, 6) is 0.694. The van der Waals surface area contributed by atoms with Crippen molar-refractivity contribution >= 4 is 28.4 Å². The highest BCUT2D eigenvalue weighted by atomic mass is 16.5. The van der Waals surface area contributed by atoms with Gasteiger partial charge in [-0.1, -0.05) is 24.3 Å². The first-order chi connectivity index (χ1) is 15.9. The van der Waals surface area contributed by atoms with Crippen LogP contribution in [0.15, 0.2) is 48.8 Å². The molecule has 1 aliphatic heterocycles. The molecule has 4 rings (SSSR count). The van der Waals surface area contributed by atoms with Gasteiger partial charge >= 0.3 is 0 Å². The van der Waals surface area contributed by atoms with E-state index in [9.17, 15) is 9.59 Å². The third kappa shape index (κ3) is 4.52. The monoisotopic (exact) mass is 449 g/mol. The Bertz CT molecular complexity index is 1180. The summed E-state index contributed by atoms with van der Waals surface area (Å²) in [4.78, 5) is 37.2. The zero-order valence-electron chi connectivity index (χ0n) is 18.9. The van der Waals surface area contributed by atoms with Gasteiger partial charge < -0.3 is 25.0 Å². The summed E-state index contributed by atoms with van der Waals surface area (Å²) in [6.07, 6.45) is 2.40. The number of methoxy groups -OCH3 is 1. The van der Waals surface area contributed by atoms with Gasteiger partial charge in [-0.3, -0.25) is 9.59 Å². The molecule has 0 radical (unpaired) electrons. The first-order valence-corrected chi connectivity index (χ1v) is 10.8. The Labute approximate surface area is 192 Å². The van der Waals surface area contributed by atoms with Gasteiger partial charge in [0.25, 0.3) is 11.8 Å². The van der Waals surface area contributed by atoms with Crippen molar-refractivity contribution in [2.24, 2.45) is 5.73 Å². The topological polar surface area (TPSA) is 111 Å². The van der Waals surface area contributed by atoms with Gasteiger partial charge in [0.2, 0.25) is 0 Å². The van der Waals surface area contributed by atoms with Crippen LogP contribution in [0.5, 0.6) is 11.5 Å². The van der Waals surface area contributed by atoms with Crippen LogP contribution in [0, 0.1) is 0 Å². The fourth-order valence-corrected chi connectivity index (χ4v) is 4.11. The number of primary amides is 1. The SMILES string of the molecule is COc1cc(C(N)=O)ncc1O[C@@H](C)C(=O)N1CCN(c2nccc3ccccc23)CC1C. The number of carbonyl (C=O) groups excluding carboxylic acids is 2. The molecule has 2 atom stereocenters. The van der Waals surface area contributed by atoms with E-state index < -0.39 is 12.0 Å². The summed E-state index contributed by atoms with van der Waals surface area (Å²) in [6, 6.07) is 11.5. The number of anilines is 1. The number of carbonyl (C=O) groups is 2. The Kier molecular flexibility index (Phi) is 6.30. The van der Waals surface area contributed by atoms with Crippen molar-refractivity contribution in [3.8, 4) is 11.5 Å². The predicted molar refractivity (Wildman–Crippen MR) is 125 cm³/mol. The van der Waals surface area contributed by atoms with Crippen molar-refractivity contribution in [2.75, 3.05) is 31.6 Å². The van der Waals surface area contributed by atoms with Crippen molar-refractivity contribution in [1.82, 2.24) is 14.9 Å². The number of aromatic nitrogens is 2. The lowest BCUT2D eigenvalue weighted by molar-refractivity contribution is -0.140. The zero-order valence-corrected chi connectivity index (χ0v) is 18.9. The molecule has 1 saturated heterocycles. The Balaban J connectivity index is 1.45. The molecule has 9 heteroatoms. The number of ether oxygens (including phenoxy) is 2. The van der Waals surface area contributed by atoms with Crippen molar-refractivity contribution in [3.63, 3.8) is 0 Å². The Hall–Kier alpha value is -3.88. The molecule has 2 aromatic heterocycles. The van der Waals surface area contributed by atoms with Gasteiger partial charge in [0, 0.05) is 43.3 Å². The second-order valence-corrected chi connectivity index (χ2v) is 8.03. The highest BCUT2D eigenvalue weighted by molar-refractivity contribution is 5.92. The van der Waals surface area contributed by atoms with Gasteiger partial charge in [-0.25, -0.2) is 9.97 Å². The van der Waals surface area contributed by atoms with Crippen LogP contribution in [0.4, 0.5) is 5.82 Å². The molecule has 9 nitrogen and oxygen atoms in total. The van der Waals surface area contributed by atoms with Crippen LogP contribution in [0.25, 0.3) is 10.8 Å². The third-order valence-corrected chi connectivity index (χ3v) is 5.82. The van der Waals surface area contributed by atoms with Gasteiger partial charge in [0.15, 0.2) is 17.6 Å². The summed E-state index contributed by atoms with van der Waals surface area (Å²) < 4.78 is 11.1. The first kappa shape index (κ1) is 22.3. The molecule has 1 fully saturated rings. The molecule has 0 bridgehead atoms. The van der Waals surface area contributed by atoms with Crippen LogP contribution < -0.4 is 20.1 Å². The van der Waals surface area contributed by atoms with E-state index in [2.05, 4.69) is 27.0 Å². The molecule has 172 valence electrons. The maximum Gasteiger partial charge on any atom is 0.267 e. The summed E-state index contributed by atoms with van der Waals surface area (Å²) in [6.45, 7) is 5.59. The molecular weight excluding hydrogens is 422 g/mol. The standard InChI is InChI=1S/C24H27N5O4/c1-15-14-28(23-18-7-5-4-6-17(18)8-9-26-23)10-11-29(15)24(31)16(2)33-21-13-27-19(22(25)30)12-20(21)32-3/h4-9,12-13,15-16H,10-11,14H2,1-3H3,(H2,25,30)/t15?,16-/m0/s1. The van der Waals surface area contributed by atoms with E-state index in [4.69, 9.17) is 15.2 Å². The predicted octanol–water partition coefficient (Wildman–Crippen LogP) is 2.24. The molecule has 1 aliphatic rings. The van der Waals surface area contributed by atoms with Gasteiger partial charge in [-0.15, -0.1) is 0 Å². The smallest absolute Gasteiger partial charge is 0.267 e. The minimum atomic E-state index is -0.759. The fraction of sp³-hybridized carbons (Fsp3) is 0.333. The van der Waals surface area contributed by atoms with Crippen molar-refractivity contribution in [1.29, 1.82) is 0 Å². The van der Waals surface area contributed by atoms with Crippen LogP contribution in [-0.4, -0.2) is 65.6 Å². The number of hydrogen-bond acceptors (Lipinski definition) is 7. The first-order valence-electron chi connectivity index (χ1n) is 10.8. The summed E-state index contributed by atoms with van der Waals surface area (Å²) in [7, 11) is 1.45. The molecule has 0 spiro atoms. The fourth-order valence-electron chi connectivity index (χ4n) is 4.11. The maximum atomic E-state index is 13.2. The average molecular weight is 450 g/mol. The molecule has 33 heavy (non-hydrogen) atoms. The van der Waals surface area contributed by atoms with E-state index in [0.29, 0.717) is 25.4 Å². The number of benzene rings is 1. The van der Waals surface area contributed by atoms with E-state index in [1.165, 1.54) is 19.4 Å². The second-order valence-electron chi connectivity index (χ2n) is 8.03. The number of pyridine rings is 2. The lowest BCUT2D eigenvalue weighted by Gasteiger charge is -2.41. The number of rotatable bonds is 6. The Morgan fingerprint density at radius 3 is 2.67 bits per heavy atom. The van der Waals surface area contributed by atoms with Gasteiger partial charge in [-0.2, -0.15) is 0 Å². The highest BCUT2D eigenvalue weighted by Crippen LogP contribution is 2.29. The second kappa shape index (κ2) is 9.32. The third-order valence-electron chi connectivity index (χ3n) is 5.82. The van der Waals surface area contributed by atoms with E-state index in [0.717, 1.165) is 16.6 Å². The van der Waals surface area contributed by atoms with Crippen LogP contribution in [0.2, 0.25) is 0 Å². The van der Waals surface area contributed by atoms with Gasteiger partial charge in [-0.05, 0) is 25.3 Å². The molecular formula is C24H27N5O4.